The molecule has 0 saturated carbocycles. The number of nitrogens with one attached hydrogen (secondary N) is 1. The molecule has 1 N–H and O–H groups in total. The van der Waals surface area contributed by atoms with E-state index >= 15 is 0 Å². The first-order chi connectivity index (χ1) is 13.6. The minimum Gasteiger partial charge on any atom is -0.476 e. The third-order valence-corrected chi connectivity index (χ3v) is 5.45. The normalized spacial score (nSPS) is 15.8. The molecule has 1 saturated heterocycles. The second kappa shape index (κ2) is 10.4. The maximum atomic E-state index is 11.9. The number of hydrogen-bond acceptors (Lipinski definition) is 5. The molecule has 1 aliphatic rings. The zero-order chi connectivity index (χ0) is 19.8. The fourth-order valence-electron chi connectivity index (χ4n) is 3.68. The minimum atomic E-state index is 0.0306. The molecule has 0 bridgehead atoms. The summed E-state index contributed by atoms with van der Waals surface area (Å²) in [5, 5.41) is 0. The summed E-state index contributed by atoms with van der Waals surface area (Å²) in [7, 11) is 4.09. The van der Waals surface area contributed by atoms with Crippen molar-refractivity contribution in [3.8, 4) is 5.88 Å². The maximum absolute atomic E-state index is 11.9. The first-order valence-electron chi connectivity index (χ1n) is 10.2. The number of aromatic nitrogens is 2. The van der Waals surface area contributed by atoms with Crippen LogP contribution in [0.5, 0.6) is 5.88 Å². The second-order valence-corrected chi connectivity index (χ2v) is 7.90. The standard InChI is InChI=1S/C22H32N4O2/c1-25(2)15-16-28-22-19(5-3-12-24-22)8-7-18-9-13-26(14-10-18)17-20-6-4-11-23-21(20)27/h3-6,11-12,18H,7-10,13-17H2,1-2H3,(H,23,27). The van der Waals surface area contributed by atoms with Crippen molar-refractivity contribution in [2.45, 2.75) is 32.2 Å². The van der Waals surface area contributed by atoms with Gasteiger partial charge >= 0.3 is 0 Å². The van der Waals surface area contributed by atoms with Crippen molar-refractivity contribution in [2.75, 3.05) is 40.3 Å². The average molecular weight is 385 g/mol. The molecule has 0 unspecified atom stereocenters. The molecule has 0 amide bonds. The van der Waals surface area contributed by atoms with Gasteiger partial charge in [0.25, 0.3) is 5.56 Å². The summed E-state index contributed by atoms with van der Waals surface area (Å²) in [5.74, 6) is 1.50. The van der Waals surface area contributed by atoms with Crippen LogP contribution in [-0.2, 0) is 13.0 Å². The first-order valence-corrected chi connectivity index (χ1v) is 10.2. The summed E-state index contributed by atoms with van der Waals surface area (Å²) < 4.78 is 5.89. The van der Waals surface area contributed by atoms with Crippen LogP contribution in [0.1, 0.15) is 30.4 Å². The van der Waals surface area contributed by atoms with E-state index in [4.69, 9.17) is 4.74 Å². The molecule has 0 aromatic carbocycles. The summed E-state index contributed by atoms with van der Waals surface area (Å²) in [6.07, 6.45) is 8.03. The van der Waals surface area contributed by atoms with Crippen LogP contribution in [0, 0.1) is 5.92 Å². The molecule has 2 aromatic rings. The van der Waals surface area contributed by atoms with Crippen molar-refractivity contribution in [1.29, 1.82) is 0 Å². The number of likely N-dealkylation sites (N-methyl/N-ethyl adjacent to an activating group) is 1. The number of aromatic amines is 1. The third-order valence-electron chi connectivity index (χ3n) is 5.45. The van der Waals surface area contributed by atoms with Gasteiger partial charge in [-0.25, -0.2) is 4.98 Å². The lowest BCUT2D eigenvalue weighted by atomic mass is 9.90. The van der Waals surface area contributed by atoms with Crippen molar-refractivity contribution in [3.63, 3.8) is 0 Å². The molecular weight excluding hydrogens is 352 g/mol. The largest absolute Gasteiger partial charge is 0.476 e. The van der Waals surface area contributed by atoms with Gasteiger partial charge in [-0.1, -0.05) is 12.1 Å². The number of piperidine rings is 1. The van der Waals surface area contributed by atoms with Crippen molar-refractivity contribution in [2.24, 2.45) is 5.92 Å². The number of aryl methyl sites for hydroxylation is 1. The van der Waals surface area contributed by atoms with Gasteiger partial charge in [-0.15, -0.1) is 0 Å². The van der Waals surface area contributed by atoms with E-state index in [0.29, 0.717) is 6.61 Å². The number of likely N-dealkylation sites (tertiary alicyclic amines) is 1. The Kier molecular flexibility index (Phi) is 7.62. The SMILES string of the molecule is CN(C)CCOc1ncccc1CCC1CCN(Cc2ccc[nH]c2=O)CC1. The number of hydrogen-bond donors (Lipinski definition) is 1. The van der Waals surface area contributed by atoms with E-state index in [1.54, 1.807) is 12.4 Å². The van der Waals surface area contributed by atoms with Gasteiger partial charge in [0.2, 0.25) is 5.88 Å². The first kappa shape index (κ1) is 20.6. The highest BCUT2D eigenvalue weighted by Crippen LogP contribution is 2.25. The van der Waals surface area contributed by atoms with Gasteiger partial charge in [-0.2, -0.15) is 0 Å². The van der Waals surface area contributed by atoms with Crippen LogP contribution < -0.4 is 10.3 Å². The number of rotatable bonds is 9. The van der Waals surface area contributed by atoms with E-state index in [2.05, 4.69) is 25.8 Å². The van der Waals surface area contributed by atoms with Crippen LogP contribution in [0.15, 0.2) is 41.5 Å². The van der Waals surface area contributed by atoms with E-state index < -0.39 is 0 Å². The van der Waals surface area contributed by atoms with Crippen LogP contribution in [0.25, 0.3) is 0 Å². The van der Waals surface area contributed by atoms with E-state index in [1.165, 1.54) is 18.4 Å². The van der Waals surface area contributed by atoms with Crippen LogP contribution in [-0.4, -0.2) is 60.1 Å². The zero-order valence-electron chi connectivity index (χ0n) is 17.1. The van der Waals surface area contributed by atoms with Crippen LogP contribution >= 0.6 is 0 Å². The summed E-state index contributed by atoms with van der Waals surface area (Å²) in [6, 6.07) is 7.95. The van der Waals surface area contributed by atoms with Crippen LogP contribution in [0.3, 0.4) is 0 Å². The minimum absolute atomic E-state index is 0.0306. The molecule has 0 radical (unpaired) electrons. The summed E-state index contributed by atoms with van der Waals surface area (Å²) in [6.45, 7) is 4.40. The van der Waals surface area contributed by atoms with Crippen LogP contribution in [0.2, 0.25) is 0 Å². The smallest absolute Gasteiger partial charge is 0.252 e. The van der Waals surface area contributed by atoms with Gasteiger partial charge < -0.3 is 14.6 Å². The Morgan fingerprint density at radius 3 is 2.75 bits per heavy atom. The highest BCUT2D eigenvalue weighted by atomic mass is 16.5. The molecule has 152 valence electrons. The number of nitrogens with zero attached hydrogens (tertiary/aromatic N) is 3. The maximum Gasteiger partial charge on any atom is 0.252 e. The fourth-order valence-corrected chi connectivity index (χ4v) is 3.68. The van der Waals surface area contributed by atoms with Crippen molar-refractivity contribution < 1.29 is 4.74 Å². The molecule has 0 spiro atoms. The van der Waals surface area contributed by atoms with Crippen molar-refractivity contribution >= 4 is 0 Å². The van der Waals surface area contributed by atoms with Crippen LogP contribution in [0.4, 0.5) is 0 Å². The molecule has 1 fully saturated rings. The molecule has 6 nitrogen and oxygen atoms in total. The average Bonchev–Trinajstić information content (AvgIpc) is 2.70. The number of H-pyrrole nitrogens is 1. The summed E-state index contributed by atoms with van der Waals surface area (Å²) in [4.78, 5) is 23.5. The molecule has 3 rings (SSSR count). The third kappa shape index (κ3) is 6.17. The lowest BCUT2D eigenvalue weighted by molar-refractivity contribution is 0.171. The zero-order valence-corrected chi connectivity index (χ0v) is 17.1. The highest BCUT2D eigenvalue weighted by Gasteiger charge is 2.20. The second-order valence-electron chi connectivity index (χ2n) is 7.90. The number of ether oxygens (including phenoxy) is 1. The van der Waals surface area contributed by atoms with Gasteiger partial charge in [-0.05, 0) is 70.9 Å². The Morgan fingerprint density at radius 1 is 1.21 bits per heavy atom. The highest BCUT2D eigenvalue weighted by molar-refractivity contribution is 5.25. The monoisotopic (exact) mass is 384 g/mol. The molecular formula is C22H32N4O2. The van der Waals surface area contributed by atoms with Gasteiger partial charge in [0.1, 0.15) is 6.61 Å². The lowest BCUT2D eigenvalue weighted by Crippen LogP contribution is -2.35. The van der Waals surface area contributed by atoms with Crippen molar-refractivity contribution in [3.05, 3.63) is 58.1 Å². The molecule has 2 aromatic heterocycles. The molecule has 0 atom stereocenters. The van der Waals surface area contributed by atoms with Gasteiger partial charge in [-0.3, -0.25) is 9.69 Å². The molecule has 3 heterocycles. The van der Waals surface area contributed by atoms with E-state index in [0.717, 1.165) is 56.4 Å². The van der Waals surface area contributed by atoms with E-state index in [1.807, 2.05) is 32.3 Å². The Bertz CT molecular complexity index is 782. The predicted octanol–water partition coefficient (Wildman–Crippen LogP) is 2.56. The Labute approximate surface area is 167 Å². The van der Waals surface area contributed by atoms with E-state index in [-0.39, 0.29) is 5.56 Å². The van der Waals surface area contributed by atoms with Crippen molar-refractivity contribution in [1.82, 2.24) is 19.8 Å². The Morgan fingerprint density at radius 2 is 2.00 bits per heavy atom. The summed E-state index contributed by atoms with van der Waals surface area (Å²) >= 11 is 0. The predicted molar refractivity (Wildman–Crippen MR) is 112 cm³/mol. The topological polar surface area (TPSA) is 61.5 Å². The van der Waals surface area contributed by atoms with Gasteiger partial charge in [0.05, 0.1) is 0 Å². The quantitative estimate of drug-likeness (QED) is 0.720. The summed E-state index contributed by atoms with van der Waals surface area (Å²) in [5.41, 5.74) is 2.10. The Hall–Kier alpha value is -2.18. The fraction of sp³-hybridized carbons (Fsp3) is 0.545. The number of pyridine rings is 2. The molecule has 28 heavy (non-hydrogen) atoms. The van der Waals surface area contributed by atoms with Gasteiger partial charge in [0.15, 0.2) is 0 Å². The molecule has 1 aliphatic heterocycles. The van der Waals surface area contributed by atoms with E-state index in [9.17, 15) is 4.79 Å². The van der Waals surface area contributed by atoms with Gasteiger partial charge in [0, 0.05) is 36.6 Å². The Balaban J connectivity index is 1.44. The lowest BCUT2D eigenvalue weighted by Gasteiger charge is -2.31. The molecule has 6 heteroatoms. The molecule has 0 aliphatic carbocycles.